The molecule has 1 amide bonds. The number of imidazole rings is 1. The molecular formula is C16H21N3O4. The SMILES string of the molecule is CCO[C@@H]1CN(C(=O)c2ccc3c(c2)ncn3CCO)C[C@H]1O. The van der Waals surface area contributed by atoms with E-state index in [1.165, 1.54) is 0 Å². The second-order valence-corrected chi connectivity index (χ2v) is 5.64. The summed E-state index contributed by atoms with van der Waals surface area (Å²) in [5.41, 5.74) is 2.13. The molecule has 0 bridgehead atoms. The van der Waals surface area contributed by atoms with Crippen LogP contribution < -0.4 is 0 Å². The van der Waals surface area contributed by atoms with Gasteiger partial charge in [0.25, 0.3) is 5.91 Å². The van der Waals surface area contributed by atoms with Crippen LogP contribution in [0.2, 0.25) is 0 Å². The Kier molecular flexibility index (Phi) is 4.61. The average molecular weight is 319 g/mol. The molecule has 7 heteroatoms. The number of aromatic nitrogens is 2. The average Bonchev–Trinajstić information content (AvgIpc) is 3.11. The third-order valence-electron chi connectivity index (χ3n) is 4.11. The molecule has 23 heavy (non-hydrogen) atoms. The highest BCUT2D eigenvalue weighted by Gasteiger charge is 2.34. The van der Waals surface area contributed by atoms with Crippen molar-refractivity contribution in [2.75, 3.05) is 26.3 Å². The van der Waals surface area contributed by atoms with Crippen LogP contribution >= 0.6 is 0 Å². The number of nitrogens with zero attached hydrogens (tertiary/aromatic N) is 3. The van der Waals surface area contributed by atoms with Gasteiger partial charge in [0.1, 0.15) is 6.10 Å². The van der Waals surface area contributed by atoms with Gasteiger partial charge in [0.2, 0.25) is 0 Å². The maximum absolute atomic E-state index is 12.6. The second-order valence-electron chi connectivity index (χ2n) is 5.64. The first kappa shape index (κ1) is 15.9. The van der Waals surface area contributed by atoms with Crippen molar-refractivity contribution >= 4 is 16.9 Å². The Bertz CT molecular complexity index is 700. The molecule has 1 aliphatic rings. The Morgan fingerprint density at radius 2 is 2.26 bits per heavy atom. The first-order chi connectivity index (χ1) is 11.1. The van der Waals surface area contributed by atoms with E-state index in [-0.39, 0.29) is 25.2 Å². The van der Waals surface area contributed by atoms with Crippen LogP contribution in [0.1, 0.15) is 17.3 Å². The van der Waals surface area contributed by atoms with Gasteiger partial charge < -0.3 is 24.4 Å². The number of carbonyl (C=O) groups excluding carboxylic acids is 1. The van der Waals surface area contributed by atoms with E-state index >= 15 is 0 Å². The zero-order valence-corrected chi connectivity index (χ0v) is 13.1. The molecule has 7 nitrogen and oxygen atoms in total. The lowest BCUT2D eigenvalue weighted by Crippen LogP contribution is -2.30. The summed E-state index contributed by atoms with van der Waals surface area (Å²) in [5.74, 6) is -0.134. The fourth-order valence-electron chi connectivity index (χ4n) is 2.97. The molecule has 2 aromatic rings. The summed E-state index contributed by atoms with van der Waals surface area (Å²) in [6, 6.07) is 5.32. The Morgan fingerprint density at radius 3 is 3.00 bits per heavy atom. The molecule has 1 saturated heterocycles. The number of β-amino-alcohol motifs (C(OH)–C–C–N with tert-alkyl or cyclic N) is 1. The van der Waals surface area contributed by atoms with Crippen molar-refractivity contribution in [1.82, 2.24) is 14.5 Å². The predicted molar refractivity (Wildman–Crippen MR) is 84.1 cm³/mol. The van der Waals surface area contributed by atoms with Crippen LogP contribution in [-0.4, -0.2) is 69.1 Å². The summed E-state index contributed by atoms with van der Waals surface area (Å²) in [5, 5.41) is 19.0. The Labute approximate surface area is 134 Å². The molecule has 1 aromatic heterocycles. The summed E-state index contributed by atoms with van der Waals surface area (Å²) >= 11 is 0. The van der Waals surface area contributed by atoms with E-state index in [1.807, 2.05) is 17.6 Å². The monoisotopic (exact) mass is 319 g/mol. The van der Waals surface area contributed by atoms with E-state index in [0.717, 1.165) is 5.52 Å². The maximum Gasteiger partial charge on any atom is 0.254 e. The van der Waals surface area contributed by atoms with Crippen molar-refractivity contribution in [3.63, 3.8) is 0 Å². The van der Waals surface area contributed by atoms with Crippen LogP contribution in [0.25, 0.3) is 11.0 Å². The zero-order valence-electron chi connectivity index (χ0n) is 13.1. The van der Waals surface area contributed by atoms with Gasteiger partial charge in [-0.2, -0.15) is 0 Å². The van der Waals surface area contributed by atoms with Gasteiger partial charge in [-0.25, -0.2) is 4.98 Å². The quantitative estimate of drug-likeness (QED) is 0.825. The molecule has 0 spiro atoms. The van der Waals surface area contributed by atoms with Crippen LogP contribution in [0.15, 0.2) is 24.5 Å². The molecular weight excluding hydrogens is 298 g/mol. The van der Waals surface area contributed by atoms with Gasteiger partial charge in [-0.05, 0) is 25.1 Å². The molecule has 1 aromatic carbocycles. The molecule has 2 N–H and O–H groups in total. The van der Waals surface area contributed by atoms with Crippen LogP contribution in [0, 0.1) is 0 Å². The predicted octanol–water partition coefficient (Wildman–Crippen LogP) is 0.250. The highest BCUT2D eigenvalue weighted by molar-refractivity contribution is 5.97. The summed E-state index contributed by atoms with van der Waals surface area (Å²) in [6.07, 6.45) is 0.683. The minimum atomic E-state index is -0.647. The van der Waals surface area contributed by atoms with E-state index < -0.39 is 6.10 Å². The first-order valence-electron chi connectivity index (χ1n) is 7.78. The van der Waals surface area contributed by atoms with Gasteiger partial charge in [-0.1, -0.05) is 0 Å². The summed E-state index contributed by atoms with van der Waals surface area (Å²) < 4.78 is 7.29. The Balaban J connectivity index is 1.79. The smallest absolute Gasteiger partial charge is 0.254 e. The molecule has 0 radical (unpaired) electrons. The number of rotatable bonds is 5. The van der Waals surface area contributed by atoms with E-state index in [1.54, 1.807) is 23.4 Å². The van der Waals surface area contributed by atoms with Crippen molar-refractivity contribution < 1.29 is 19.7 Å². The van der Waals surface area contributed by atoms with Crippen LogP contribution in [0.4, 0.5) is 0 Å². The number of benzene rings is 1. The molecule has 0 unspecified atom stereocenters. The number of aliphatic hydroxyl groups is 2. The largest absolute Gasteiger partial charge is 0.395 e. The number of carbonyl (C=O) groups is 1. The Morgan fingerprint density at radius 1 is 1.43 bits per heavy atom. The van der Waals surface area contributed by atoms with Gasteiger partial charge in [0, 0.05) is 31.8 Å². The van der Waals surface area contributed by atoms with Gasteiger partial charge in [-0.15, -0.1) is 0 Å². The molecule has 0 aliphatic carbocycles. The fraction of sp³-hybridized carbons (Fsp3) is 0.500. The second kappa shape index (κ2) is 6.66. The highest BCUT2D eigenvalue weighted by atomic mass is 16.5. The first-order valence-corrected chi connectivity index (χ1v) is 7.78. The van der Waals surface area contributed by atoms with E-state index in [4.69, 9.17) is 9.84 Å². The van der Waals surface area contributed by atoms with Gasteiger partial charge in [0.05, 0.1) is 30.1 Å². The maximum atomic E-state index is 12.6. The van der Waals surface area contributed by atoms with Crippen molar-refractivity contribution in [2.45, 2.75) is 25.7 Å². The number of ether oxygens (including phenoxy) is 1. The lowest BCUT2D eigenvalue weighted by atomic mass is 10.1. The standard InChI is InChI=1S/C16H21N3O4/c1-2-23-15-9-19(8-14(15)21)16(22)11-3-4-13-12(7-11)17-10-18(13)5-6-20/h3-4,7,10,14-15,20-21H,2,5-6,8-9H2,1H3/t14-,15-/m1/s1. The van der Waals surface area contributed by atoms with Crippen molar-refractivity contribution in [3.05, 3.63) is 30.1 Å². The molecule has 3 rings (SSSR count). The number of hydrogen-bond donors (Lipinski definition) is 2. The third kappa shape index (κ3) is 3.08. The number of hydrogen-bond acceptors (Lipinski definition) is 5. The zero-order chi connectivity index (χ0) is 16.4. The molecule has 1 fully saturated rings. The molecule has 2 atom stereocenters. The summed E-state index contributed by atoms with van der Waals surface area (Å²) in [7, 11) is 0. The van der Waals surface area contributed by atoms with E-state index in [9.17, 15) is 9.90 Å². The molecule has 1 aliphatic heterocycles. The fourth-order valence-corrected chi connectivity index (χ4v) is 2.97. The van der Waals surface area contributed by atoms with Crippen molar-refractivity contribution in [3.8, 4) is 0 Å². The number of aliphatic hydroxyl groups excluding tert-OH is 2. The van der Waals surface area contributed by atoms with E-state index in [0.29, 0.717) is 30.8 Å². The summed E-state index contributed by atoms with van der Waals surface area (Å²) in [4.78, 5) is 18.5. The lowest BCUT2D eigenvalue weighted by Gasteiger charge is -2.16. The van der Waals surface area contributed by atoms with Gasteiger partial charge >= 0.3 is 0 Å². The minimum Gasteiger partial charge on any atom is -0.395 e. The molecule has 2 heterocycles. The Hall–Kier alpha value is -1.96. The van der Waals surface area contributed by atoms with E-state index in [2.05, 4.69) is 4.98 Å². The summed E-state index contributed by atoms with van der Waals surface area (Å²) in [6.45, 7) is 3.56. The number of likely N-dealkylation sites (tertiary alicyclic amines) is 1. The number of amides is 1. The molecule has 124 valence electrons. The van der Waals surface area contributed by atoms with Crippen LogP contribution in [0.3, 0.4) is 0 Å². The van der Waals surface area contributed by atoms with Gasteiger partial charge in [0.15, 0.2) is 0 Å². The lowest BCUT2D eigenvalue weighted by molar-refractivity contribution is -0.00237. The molecule has 0 saturated carbocycles. The van der Waals surface area contributed by atoms with Crippen LogP contribution in [0.5, 0.6) is 0 Å². The van der Waals surface area contributed by atoms with Crippen molar-refractivity contribution in [1.29, 1.82) is 0 Å². The highest BCUT2D eigenvalue weighted by Crippen LogP contribution is 2.20. The topological polar surface area (TPSA) is 87.8 Å². The normalized spacial score (nSPS) is 21.3. The number of fused-ring (bicyclic) bond motifs is 1. The van der Waals surface area contributed by atoms with Crippen LogP contribution in [-0.2, 0) is 11.3 Å². The third-order valence-corrected chi connectivity index (χ3v) is 4.11. The van der Waals surface area contributed by atoms with Gasteiger partial charge in [-0.3, -0.25) is 4.79 Å². The minimum absolute atomic E-state index is 0.0383. The van der Waals surface area contributed by atoms with Crippen molar-refractivity contribution in [2.24, 2.45) is 0 Å².